The molecule has 0 bridgehead atoms. The lowest BCUT2D eigenvalue weighted by Gasteiger charge is -2.25. The van der Waals surface area contributed by atoms with Crippen molar-refractivity contribution < 1.29 is 4.79 Å². The average molecular weight is 249 g/mol. The molecular weight excluding hydrogens is 226 g/mol. The number of nitrogens with one attached hydrogen (secondary N) is 1. The Kier molecular flexibility index (Phi) is 5.13. The molecule has 18 heavy (non-hydrogen) atoms. The van der Waals surface area contributed by atoms with E-state index in [1.165, 1.54) is 6.20 Å². The van der Waals surface area contributed by atoms with Crippen LogP contribution in [0.3, 0.4) is 0 Å². The minimum atomic E-state index is -0.124. The van der Waals surface area contributed by atoms with Gasteiger partial charge in [0.05, 0.1) is 17.4 Å². The van der Waals surface area contributed by atoms with Crippen LogP contribution in [0.1, 0.15) is 38.1 Å². The number of pyridine rings is 1. The van der Waals surface area contributed by atoms with Gasteiger partial charge in [-0.15, -0.1) is 0 Å². The number of hydrogen-bond acceptors (Lipinski definition) is 3. The van der Waals surface area contributed by atoms with Gasteiger partial charge in [0.25, 0.3) is 5.91 Å². The third-order valence-electron chi connectivity index (χ3n) is 3.31. The molecule has 0 radical (unpaired) electrons. The summed E-state index contributed by atoms with van der Waals surface area (Å²) in [5.41, 5.74) is 6.64. The number of carbonyl (C=O) groups is 1. The largest absolute Gasteiger partial charge is 0.397 e. The molecule has 0 atom stereocenters. The van der Waals surface area contributed by atoms with Gasteiger partial charge in [-0.25, -0.2) is 0 Å². The fourth-order valence-corrected chi connectivity index (χ4v) is 2.16. The van der Waals surface area contributed by atoms with Crippen LogP contribution < -0.4 is 11.1 Å². The van der Waals surface area contributed by atoms with Crippen LogP contribution in [0.15, 0.2) is 18.5 Å². The van der Waals surface area contributed by atoms with Gasteiger partial charge in [-0.2, -0.15) is 0 Å². The third kappa shape index (κ3) is 3.72. The summed E-state index contributed by atoms with van der Waals surface area (Å²) in [7, 11) is 0. The SMILES string of the molecule is CC(C)C(CNC(=O)c1ccncc1N)C(C)C. The number of hydrogen-bond donors (Lipinski definition) is 2. The second-order valence-electron chi connectivity index (χ2n) is 5.32. The molecule has 100 valence electrons. The van der Waals surface area contributed by atoms with Gasteiger partial charge in [-0.05, 0) is 23.8 Å². The molecule has 1 amide bonds. The van der Waals surface area contributed by atoms with E-state index in [0.717, 1.165) is 0 Å². The van der Waals surface area contributed by atoms with Gasteiger partial charge in [-0.1, -0.05) is 27.7 Å². The second-order valence-corrected chi connectivity index (χ2v) is 5.32. The maximum Gasteiger partial charge on any atom is 0.253 e. The highest BCUT2D eigenvalue weighted by molar-refractivity contribution is 5.98. The summed E-state index contributed by atoms with van der Waals surface area (Å²) in [5, 5.41) is 2.96. The van der Waals surface area contributed by atoms with E-state index in [0.29, 0.717) is 35.5 Å². The molecule has 3 N–H and O–H groups in total. The highest BCUT2D eigenvalue weighted by Gasteiger charge is 2.19. The molecule has 0 spiro atoms. The van der Waals surface area contributed by atoms with Crippen molar-refractivity contribution >= 4 is 11.6 Å². The van der Waals surface area contributed by atoms with Gasteiger partial charge in [0.15, 0.2) is 0 Å². The van der Waals surface area contributed by atoms with Gasteiger partial charge in [0, 0.05) is 12.7 Å². The van der Waals surface area contributed by atoms with E-state index < -0.39 is 0 Å². The lowest BCUT2D eigenvalue weighted by atomic mass is 9.85. The quantitative estimate of drug-likeness (QED) is 0.841. The van der Waals surface area contributed by atoms with Crippen molar-refractivity contribution in [3.63, 3.8) is 0 Å². The molecule has 1 aromatic rings. The molecule has 1 heterocycles. The molecule has 1 aromatic heterocycles. The van der Waals surface area contributed by atoms with Crippen LogP contribution in [-0.2, 0) is 0 Å². The third-order valence-corrected chi connectivity index (χ3v) is 3.31. The predicted molar refractivity (Wildman–Crippen MR) is 74.1 cm³/mol. The molecule has 0 fully saturated rings. The van der Waals surface area contributed by atoms with Crippen molar-refractivity contribution in [2.75, 3.05) is 12.3 Å². The van der Waals surface area contributed by atoms with Gasteiger partial charge in [0.1, 0.15) is 0 Å². The molecule has 0 aliphatic heterocycles. The summed E-state index contributed by atoms with van der Waals surface area (Å²) in [4.78, 5) is 15.9. The van der Waals surface area contributed by atoms with E-state index in [1.807, 2.05) is 0 Å². The number of amides is 1. The molecule has 4 nitrogen and oxygen atoms in total. The van der Waals surface area contributed by atoms with Crippen molar-refractivity contribution in [3.8, 4) is 0 Å². The normalized spacial score (nSPS) is 11.3. The van der Waals surface area contributed by atoms with Crippen LogP contribution in [0.25, 0.3) is 0 Å². The Labute approximate surface area is 109 Å². The van der Waals surface area contributed by atoms with Crippen molar-refractivity contribution in [2.24, 2.45) is 17.8 Å². The zero-order valence-corrected chi connectivity index (χ0v) is 11.6. The molecule has 0 saturated carbocycles. The topological polar surface area (TPSA) is 68.0 Å². The van der Waals surface area contributed by atoms with E-state index >= 15 is 0 Å². The van der Waals surface area contributed by atoms with Gasteiger partial charge >= 0.3 is 0 Å². The first kappa shape index (κ1) is 14.5. The Hall–Kier alpha value is -1.58. The van der Waals surface area contributed by atoms with Crippen LogP contribution in [0, 0.1) is 17.8 Å². The number of nitrogens with two attached hydrogens (primary N) is 1. The number of nitrogen functional groups attached to an aromatic ring is 1. The van der Waals surface area contributed by atoms with E-state index in [-0.39, 0.29) is 5.91 Å². The zero-order chi connectivity index (χ0) is 13.7. The highest BCUT2D eigenvalue weighted by Crippen LogP contribution is 2.19. The standard InChI is InChI=1S/C14H23N3O/c1-9(2)12(10(3)4)7-17-14(18)11-5-6-16-8-13(11)15/h5-6,8-10,12H,7,15H2,1-4H3,(H,17,18). The molecule has 0 unspecified atom stereocenters. The minimum absolute atomic E-state index is 0.124. The van der Waals surface area contributed by atoms with Crippen LogP contribution in [0.2, 0.25) is 0 Å². The van der Waals surface area contributed by atoms with E-state index in [4.69, 9.17) is 5.73 Å². The molecule has 0 aliphatic carbocycles. The van der Waals surface area contributed by atoms with Crippen molar-refractivity contribution in [2.45, 2.75) is 27.7 Å². The van der Waals surface area contributed by atoms with E-state index in [2.05, 4.69) is 38.0 Å². The molecule has 4 heteroatoms. The first-order valence-corrected chi connectivity index (χ1v) is 6.41. The van der Waals surface area contributed by atoms with Crippen LogP contribution in [0.5, 0.6) is 0 Å². The number of aromatic nitrogens is 1. The van der Waals surface area contributed by atoms with E-state index in [9.17, 15) is 4.79 Å². The summed E-state index contributed by atoms with van der Waals surface area (Å²) in [6, 6.07) is 1.64. The van der Waals surface area contributed by atoms with Crippen molar-refractivity contribution in [1.29, 1.82) is 0 Å². The van der Waals surface area contributed by atoms with Crippen molar-refractivity contribution in [3.05, 3.63) is 24.0 Å². The predicted octanol–water partition coefficient (Wildman–Crippen LogP) is 2.32. The summed E-state index contributed by atoms with van der Waals surface area (Å²) < 4.78 is 0. The fourth-order valence-electron chi connectivity index (χ4n) is 2.16. The van der Waals surface area contributed by atoms with Crippen molar-refractivity contribution in [1.82, 2.24) is 10.3 Å². The summed E-state index contributed by atoms with van der Waals surface area (Å²) in [6.07, 6.45) is 3.07. The van der Waals surface area contributed by atoms with Gasteiger partial charge in [-0.3, -0.25) is 9.78 Å². The monoisotopic (exact) mass is 249 g/mol. The minimum Gasteiger partial charge on any atom is -0.397 e. The Morgan fingerprint density at radius 2 is 1.94 bits per heavy atom. The van der Waals surface area contributed by atoms with Crippen LogP contribution >= 0.6 is 0 Å². The first-order chi connectivity index (χ1) is 8.43. The molecule has 0 saturated heterocycles. The molecular formula is C14H23N3O. The van der Waals surface area contributed by atoms with Crippen LogP contribution in [-0.4, -0.2) is 17.4 Å². The number of carbonyl (C=O) groups excluding carboxylic acids is 1. The lowest BCUT2D eigenvalue weighted by Crippen LogP contribution is -2.34. The lowest BCUT2D eigenvalue weighted by molar-refractivity contribution is 0.0938. The number of nitrogens with zero attached hydrogens (tertiary/aromatic N) is 1. The Bertz CT molecular complexity index is 394. The zero-order valence-electron chi connectivity index (χ0n) is 11.6. The first-order valence-electron chi connectivity index (χ1n) is 6.41. The average Bonchev–Trinajstić information content (AvgIpc) is 2.28. The summed E-state index contributed by atoms with van der Waals surface area (Å²) >= 11 is 0. The Morgan fingerprint density at radius 3 is 2.44 bits per heavy atom. The summed E-state index contributed by atoms with van der Waals surface area (Å²) in [5.74, 6) is 1.43. The summed E-state index contributed by atoms with van der Waals surface area (Å²) in [6.45, 7) is 9.39. The Balaban J connectivity index is 2.64. The molecule has 1 rings (SSSR count). The number of rotatable bonds is 5. The maximum atomic E-state index is 12.0. The van der Waals surface area contributed by atoms with E-state index in [1.54, 1.807) is 12.3 Å². The van der Waals surface area contributed by atoms with Gasteiger partial charge < -0.3 is 11.1 Å². The van der Waals surface area contributed by atoms with Gasteiger partial charge in [0.2, 0.25) is 0 Å². The highest BCUT2D eigenvalue weighted by atomic mass is 16.1. The Morgan fingerprint density at radius 1 is 1.33 bits per heavy atom. The second kappa shape index (κ2) is 6.38. The molecule has 0 aliphatic rings. The molecule has 0 aromatic carbocycles. The van der Waals surface area contributed by atoms with Crippen LogP contribution in [0.4, 0.5) is 5.69 Å². The smallest absolute Gasteiger partial charge is 0.253 e. The number of anilines is 1. The maximum absolute atomic E-state index is 12.0. The fraction of sp³-hybridized carbons (Fsp3) is 0.571.